The lowest BCUT2D eigenvalue weighted by Gasteiger charge is -2.18. The third-order valence-electron chi connectivity index (χ3n) is 9.06. The zero-order chi connectivity index (χ0) is 29.7. The molecule has 0 atom stereocenters. The Labute approximate surface area is 266 Å². The molecule has 9 aromatic rings. The first-order chi connectivity index (χ1) is 22.3. The number of hydrogen-bond acceptors (Lipinski definition) is 1. The maximum atomic E-state index is 2.39. The highest BCUT2D eigenvalue weighted by molar-refractivity contribution is 7.26. The lowest BCUT2D eigenvalue weighted by atomic mass is 9.85. The summed E-state index contributed by atoms with van der Waals surface area (Å²) in [5.74, 6) is 0. The van der Waals surface area contributed by atoms with E-state index in [1.165, 1.54) is 86.2 Å². The molecule has 1 aromatic heterocycles. The summed E-state index contributed by atoms with van der Waals surface area (Å²) in [6.45, 7) is 0. The lowest BCUT2D eigenvalue weighted by molar-refractivity contribution is 1.61. The topological polar surface area (TPSA) is 0 Å². The molecule has 1 heterocycles. The number of hydrogen-bond donors (Lipinski definition) is 0. The highest BCUT2D eigenvalue weighted by Crippen LogP contribution is 2.46. The predicted molar refractivity (Wildman–Crippen MR) is 196 cm³/mol. The van der Waals surface area contributed by atoms with Crippen molar-refractivity contribution in [2.75, 3.05) is 0 Å². The van der Waals surface area contributed by atoms with Gasteiger partial charge in [-0.25, -0.2) is 0 Å². The Hall–Kier alpha value is -5.50. The van der Waals surface area contributed by atoms with E-state index >= 15 is 0 Å². The summed E-state index contributed by atoms with van der Waals surface area (Å²) in [5, 5.41) is 7.75. The van der Waals surface area contributed by atoms with Crippen LogP contribution in [-0.2, 0) is 0 Å². The lowest BCUT2D eigenvalue weighted by Crippen LogP contribution is -1.91. The van der Waals surface area contributed by atoms with Gasteiger partial charge in [0.2, 0.25) is 0 Å². The van der Waals surface area contributed by atoms with Gasteiger partial charge in [-0.3, -0.25) is 0 Å². The molecule has 0 saturated carbocycles. The highest BCUT2D eigenvalue weighted by atomic mass is 32.1. The van der Waals surface area contributed by atoms with Crippen LogP contribution in [0.4, 0.5) is 0 Å². The average molecular weight is 589 g/mol. The van der Waals surface area contributed by atoms with Gasteiger partial charge in [-0.2, -0.15) is 0 Å². The Morgan fingerprint density at radius 3 is 1.38 bits per heavy atom. The van der Waals surface area contributed by atoms with Gasteiger partial charge in [0.15, 0.2) is 0 Å². The fraction of sp³-hybridized carbons (Fsp3) is 0. The quantitative estimate of drug-likeness (QED) is 0.179. The monoisotopic (exact) mass is 588 g/mol. The van der Waals surface area contributed by atoms with Crippen LogP contribution in [0.2, 0.25) is 0 Å². The standard InChI is InChI=1S/C44H28S/c1-2-13-29(14-3-1)30-15-10-17-32(27-30)42-36-20-4-6-22-38(36)43(39-23-7-5-21-37(39)42)33-18-11-16-31(28-33)34-24-12-25-40-35-19-8-9-26-41(35)45-44(34)40/h1-28H. The Morgan fingerprint density at radius 2 is 0.733 bits per heavy atom. The van der Waals surface area contributed by atoms with E-state index in [-0.39, 0.29) is 0 Å². The van der Waals surface area contributed by atoms with Crippen LogP contribution in [0.5, 0.6) is 0 Å². The summed E-state index contributed by atoms with van der Waals surface area (Å²) in [6, 6.07) is 62.1. The second-order valence-corrected chi connectivity index (χ2v) is 12.7. The van der Waals surface area contributed by atoms with Gasteiger partial charge >= 0.3 is 0 Å². The Balaban J connectivity index is 1.28. The zero-order valence-electron chi connectivity index (χ0n) is 24.6. The molecule has 0 nitrogen and oxygen atoms in total. The number of thiophene rings is 1. The van der Waals surface area contributed by atoms with Crippen molar-refractivity contribution in [2.24, 2.45) is 0 Å². The Kier molecular flexibility index (Phi) is 6.11. The van der Waals surface area contributed by atoms with Crippen LogP contribution >= 0.6 is 11.3 Å². The molecule has 0 fully saturated rings. The molecule has 9 rings (SSSR count). The van der Waals surface area contributed by atoms with Crippen molar-refractivity contribution < 1.29 is 0 Å². The molecular formula is C44H28S. The van der Waals surface area contributed by atoms with Crippen molar-refractivity contribution in [1.82, 2.24) is 0 Å². The molecule has 0 aliphatic heterocycles. The third kappa shape index (κ3) is 4.28. The van der Waals surface area contributed by atoms with Gasteiger partial charge in [0.1, 0.15) is 0 Å². The van der Waals surface area contributed by atoms with Crippen molar-refractivity contribution >= 4 is 53.1 Å². The van der Waals surface area contributed by atoms with E-state index in [0.717, 1.165) is 0 Å². The first kappa shape index (κ1) is 25.9. The second-order valence-electron chi connectivity index (χ2n) is 11.6. The zero-order valence-corrected chi connectivity index (χ0v) is 25.4. The van der Waals surface area contributed by atoms with Crippen LogP contribution in [0.1, 0.15) is 0 Å². The molecule has 210 valence electrons. The van der Waals surface area contributed by atoms with Gasteiger partial charge in [0.05, 0.1) is 0 Å². The molecule has 0 aliphatic carbocycles. The molecule has 0 radical (unpaired) electrons. The molecule has 0 unspecified atom stereocenters. The molecule has 0 amide bonds. The molecule has 1 heteroatoms. The maximum absolute atomic E-state index is 2.39. The minimum atomic E-state index is 1.23. The normalized spacial score (nSPS) is 11.6. The van der Waals surface area contributed by atoms with Crippen LogP contribution in [0, 0.1) is 0 Å². The van der Waals surface area contributed by atoms with E-state index in [1.807, 2.05) is 11.3 Å². The van der Waals surface area contributed by atoms with Gasteiger partial charge in [-0.1, -0.05) is 152 Å². The SMILES string of the molecule is c1ccc(-c2cccc(-c3c4ccccc4c(-c4cccc(-c5cccc6c5sc5ccccc56)c4)c4ccccc34)c2)cc1. The second kappa shape index (κ2) is 10.6. The van der Waals surface area contributed by atoms with Gasteiger partial charge in [-0.15, -0.1) is 11.3 Å². The smallest absolute Gasteiger partial charge is 0.0433 e. The van der Waals surface area contributed by atoms with E-state index in [9.17, 15) is 0 Å². The maximum Gasteiger partial charge on any atom is 0.0433 e. The summed E-state index contributed by atoms with van der Waals surface area (Å²) in [5.41, 5.74) is 10.0. The van der Waals surface area contributed by atoms with E-state index in [0.29, 0.717) is 0 Å². The van der Waals surface area contributed by atoms with Crippen molar-refractivity contribution in [3.05, 3.63) is 170 Å². The molecule has 0 bridgehead atoms. The van der Waals surface area contributed by atoms with Gasteiger partial charge in [-0.05, 0) is 84.3 Å². The predicted octanol–water partition coefficient (Wildman–Crippen LogP) is 13.0. The summed E-state index contributed by atoms with van der Waals surface area (Å²) >= 11 is 1.89. The molecule has 0 spiro atoms. The Bertz CT molecular complexity index is 2480. The van der Waals surface area contributed by atoms with Crippen molar-refractivity contribution in [3.8, 4) is 44.5 Å². The van der Waals surface area contributed by atoms with Gasteiger partial charge < -0.3 is 0 Å². The molecule has 0 N–H and O–H groups in total. The first-order valence-corrected chi connectivity index (χ1v) is 16.3. The molecule has 8 aromatic carbocycles. The summed E-state index contributed by atoms with van der Waals surface area (Å²) < 4.78 is 2.68. The fourth-order valence-electron chi connectivity index (χ4n) is 7.05. The number of benzene rings is 8. The third-order valence-corrected chi connectivity index (χ3v) is 10.3. The van der Waals surface area contributed by atoms with Gasteiger partial charge in [0.25, 0.3) is 0 Å². The van der Waals surface area contributed by atoms with Crippen molar-refractivity contribution in [2.45, 2.75) is 0 Å². The summed E-state index contributed by atoms with van der Waals surface area (Å²) in [4.78, 5) is 0. The van der Waals surface area contributed by atoms with E-state index in [2.05, 4.69) is 170 Å². The fourth-order valence-corrected chi connectivity index (χ4v) is 8.29. The van der Waals surface area contributed by atoms with E-state index in [4.69, 9.17) is 0 Å². The van der Waals surface area contributed by atoms with Crippen molar-refractivity contribution in [3.63, 3.8) is 0 Å². The summed E-state index contributed by atoms with van der Waals surface area (Å²) in [7, 11) is 0. The van der Waals surface area contributed by atoms with E-state index < -0.39 is 0 Å². The number of fused-ring (bicyclic) bond motifs is 5. The van der Waals surface area contributed by atoms with Crippen LogP contribution in [0.3, 0.4) is 0 Å². The van der Waals surface area contributed by atoms with Crippen LogP contribution in [0.25, 0.3) is 86.2 Å². The van der Waals surface area contributed by atoms with Gasteiger partial charge in [0, 0.05) is 20.2 Å². The summed E-state index contributed by atoms with van der Waals surface area (Å²) in [6.07, 6.45) is 0. The van der Waals surface area contributed by atoms with E-state index in [1.54, 1.807) is 0 Å². The van der Waals surface area contributed by atoms with Crippen LogP contribution < -0.4 is 0 Å². The molecule has 45 heavy (non-hydrogen) atoms. The largest absolute Gasteiger partial charge is 0.135 e. The molecular weight excluding hydrogens is 561 g/mol. The van der Waals surface area contributed by atoms with Crippen LogP contribution in [-0.4, -0.2) is 0 Å². The first-order valence-electron chi connectivity index (χ1n) is 15.4. The minimum Gasteiger partial charge on any atom is -0.135 e. The number of rotatable bonds is 4. The van der Waals surface area contributed by atoms with Crippen molar-refractivity contribution in [1.29, 1.82) is 0 Å². The highest BCUT2D eigenvalue weighted by Gasteiger charge is 2.18. The Morgan fingerprint density at radius 1 is 0.289 bits per heavy atom. The minimum absolute atomic E-state index is 1.23. The molecule has 0 saturated heterocycles. The average Bonchev–Trinajstić information content (AvgIpc) is 3.50. The molecule has 0 aliphatic rings. The van der Waals surface area contributed by atoms with Crippen LogP contribution in [0.15, 0.2) is 170 Å².